The molecule has 0 N–H and O–H groups in total. The van der Waals surface area contributed by atoms with E-state index in [1.54, 1.807) is 12.1 Å². The van der Waals surface area contributed by atoms with E-state index >= 15 is 0 Å². The molecule has 0 saturated heterocycles. The topological polar surface area (TPSA) is 105 Å². The van der Waals surface area contributed by atoms with Gasteiger partial charge in [-0.15, -0.1) is 0 Å². The standard InChI is InChI=1S/C60H82O8Si4/c1-33(2)71(34(3)4,35(5)6)65-49-31-43-45(61)27-29-47(63)51(43)53-39(49)23-25-41-55(53)56-42(58(68-70(21,22)60(16,17)18)57(41)67-69(19,20)59(13,14)15)26-24-40-50(66-72(36(7)8,37(9)10)38(11)12)32-44-46(62)28-30-48(64)52(44)54(40)56/h23-38H,1-22H3. The average Bonchev–Trinajstić information content (AvgIpc) is 3.25. The van der Waals surface area contributed by atoms with Crippen LogP contribution in [0, 0.1) is 0 Å². The maximum atomic E-state index is 14.9. The lowest BCUT2D eigenvalue weighted by molar-refractivity contribution is 0.0995. The molecule has 0 atom stereocenters. The number of rotatable bonds is 14. The summed E-state index contributed by atoms with van der Waals surface area (Å²) in [6.07, 6.45) is 5.46. The lowest BCUT2D eigenvalue weighted by Gasteiger charge is -2.43. The molecule has 0 amide bonds. The number of carbonyl (C=O) groups is 4. The number of fused-ring (bicyclic) bond motifs is 11. The van der Waals surface area contributed by atoms with Crippen molar-refractivity contribution in [2.24, 2.45) is 0 Å². The van der Waals surface area contributed by atoms with Gasteiger partial charge in [-0.3, -0.25) is 19.2 Å². The summed E-state index contributed by atoms with van der Waals surface area (Å²) in [5.74, 6) is 1.02. The van der Waals surface area contributed by atoms with Crippen LogP contribution in [0.4, 0.5) is 0 Å². The zero-order valence-corrected chi connectivity index (χ0v) is 51.5. The zero-order valence-electron chi connectivity index (χ0n) is 47.5. The molecule has 0 spiro atoms. The van der Waals surface area contributed by atoms with Crippen molar-refractivity contribution >= 4 is 99.5 Å². The van der Waals surface area contributed by atoms with Crippen LogP contribution in [0.5, 0.6) is 23.0 Å². The normalized spacial score (nSPS) is 15.3. The van der Waals surface area contributed by atoms with Crippen molar-refractivity contribution in [1.29, 1.82) is 0 Å². The van der Waals surface area contributed by atoms with Crippen LogP contribution in [0.2, 0.25) is 69.5 Å². The number of hydrogen-bond donors (Lipinski definition) is 0. The Hall–Kier alpha value is -4.63. The van der Waals surface area contributed by atoms with E-state index in [0.29, 0.717) is 66.1 Å². The van der Waals surface area contributed by atoms with Gasteiger partial charge in [0.05, 0.1) is 0 Å². The summed E-state index contributed by atoms with van der Waals surface area (Å²) >= 11 is 0. The Balaban J connectivity index is 1.90. The molecule has 0 aliphatic heterocycles. The van der Waals surface area contributed by atoms with Crippen LogP contribution >= 0.6 is 0 Å². The summed E-state index contributed by atoms with van der Waals surface area (Å²) in [5.41, 5.74) is 2.26. The summed E-state index contributed by atoms with van der Waals surface area (Å²) in [6, 6.07) is 11.8. The number of ketones is 4. The minimum Gasteiger partial charge on any atom is -0.542 e. The Morgan fingerprint density at radius 2 is 0.639 bits per heavy atom. The first-order chi connectivity index (χ1) is 33.1. The highest BCUT2D eigenvalue weighted by atomic mass is 28.4. The Labute approximate surface area is 434 Å². The summed E-state index contributed by atoms with van der Waals surface area (Å²) in [5, 5.41) is 4.58. The SMILES string of the molecule is CC(C)[Si](Oc1cc2c(c3c1ccc1c(O[Si](C)(C)C(C)(C)C)c(O[Si](C)(C)C(C)(C)C)c4ccc5c(O[Si](C(C)C)(C(C)C)C(C)C)cc6c(c5c4c13)C(=O)C=CC6=O)C(=O)C=CC2=O)(C(C)C)C(C)C. The third kappa shape index (κ3) is 8.61. The van der Waals surface area contributed by atoms with E-state index in [4.69, 9.17) is 17.7 Å². The van der Waals surface area contributed by atoms with Crippen molar-refractivity contribution in [1.82, 2.24) is 0 Å². The monoisotopic (exact) mass is 1040 g/mol. The molecule has 2 aliphatic rings. The van der Waals surface area contributed by atoms with Crippen LogP contribution in [0.1, 0.15) is 166 Å². The summed E-state index contributed by atoms with van der Waals surface area (Å²) < 4.78 is 30.6. The molecule has 12 heteroatoms. The highest BCUT2D eigenvalue weighted by Gasteiger charge is 2.50. The average molecular weight is 1040 g/mol. The number of benzene rings is 5. The number of allylic oxidation sites excluding steroid dienone is 4. The summed E-state index contributed by atoms with van der Waals surface area (Å²) in [7, 11) is -10.8. The van der Waals surface area contributed by atoms with Crippen molar-refractivity contribution < 1.29 is 36.9 Å². The lowest BCUT2D eigenvalue weighted by Crippen LogP contribution is -2.50. The molecule has 386 valence electrons. The lowest BCUT2D eigenvalue weighted by atomic mass is 9.82. The second kappa shape index (κ2) is 18.6. The zero-order chi connectivity index (χ0) is 53.9. The molecule has 8 nitrogen and oxygen atoms in total. The fourth-order valence-electron chi connectivity index (χ4n) is 11.9. The molecule has 72 heavy (non-hydrogen) atoms. The van der Waals surface area contributed by atoms with E-state index in [9.17, 15) is 19.2 Å². The van der Waals surface area contributed by atoms with Crippen molar-refractivity contribution in [2.75, 3.05) is 0 Å². The van der Waals surface area contributed by atoms with Crippen molar-refractivity contribution in [3.05, 3.63) is 83.0 Å². The molecule has 2 aliphatic carbocycles. The first kappa shape index (κ1) is 55.1. The third-order valence-electron chi connectivity index (χ3n) is 17.6. The van der Waals surface area contributed by atoms with Crippen LogP contribution in [0.15, 0.2) is 60.7 Å². The van der Waals surface area contributed by atoms with E-state index in [1.807, 2.05) is 12.1 Å². The first-order valence-corrected chi connectivity index (χ1v) is 36.5. The fourth-order valence-corrected chi connectivity index (χ4v) is 24.5. The van der Waals surface area contributed by atoms with Gasteiger partial charge in [-0.2, -0.15) is 0 Å². The van der Waals surface area contributed by atoms with Gasteiger partial charge in [-0.05, 0) is 130 Å². The molecule has 5 aromatic rings. The fraction of sp³-hybridized carbons (Fsp3) is 0.500. The maximum Gasteiger partial charge on any atom is 0.258 e. The maximum absolute atomic E-state index is 14.9. The second-order valence-electron chi connectivity index (χ2n) is 25.8. The smallest absolute Gasteiger partial charge is 0.258 e. The Kier molecular flexibility index (Phi) is 14.3. The van der Waals surface area contributed by atoms with E-state index in [1.165, 1.54) is 24.3 Å². The molecule has 0 bridgehead atoms. The van der Waals surface area contributed by atoms with Gasteiger partial charge in [-0.25, -0.2) is 0 Å². The van der Waals surface area contributed by atoms with Crippen LogP contribution in [-0.4, -0.2) is 56.4 Å². The molecule has 0 heterocycles. The van der Waals surface area contributed by atoms with Gasteiger partial charge >= 0.3 is 0 Å². The Morgan fingerprint density at radius 1 is 0.375 bits per heavy atom. The van der Waals surface area contributed by atoms with Crippen LogP contribution in [-0.2, 0) is 0 Å². The van der Waals surface area contributed by atoms with Gasteiger partial charge in [-0.1, -0.05) is 125 Å². The van der Waals surface area contributed by atoms with Gasteiger partial charge in [0, 0.05) is 65.3 Å². The van der Waals surface area contributed by atoms with Gasteiger partial charge < -0.3 is 17.7 Å². The molecule has 7 rings (SSSR count). The minimum absolute atomic E-state index is 0.199. The highest BCUT2D eigenvalue weighted by molar-refractivity contribution is 6.79. The van der Waals surface area contributed by atoms with Crippen molar-refractivity contribution in [3.63, 3.8) is 0 Å². The molecule has 0 radical (unpaired) electrons. The van der Waals surface area contributed by atoms with Crippen LogP contribution in [0.3, 0.4) is 0 Å². The quantitative estimate of drug-likeness (QED) is 0.0800. The molecule has 0 fully saturated rings. The molecule has 0 unspecified atom stereocenters. The van der Waals surface area contributed by atoms with E-state index < -0.39 is 33.3 Å². The minimum atomic E-state index is -2.71. The van der Waals surface area contributed by atoms with Gasteiger partial charge in [0.25, 0.3) is 33.3 Å². The Morgan fingerprint density at radius 3 is 0.903 bits per heavy atom. The second-order valence-corrected chi connectivity index (χ2v) is 46.0. The van der Waals surface area contributed by atoms with Crippen molar-refractivity contribution in [3.8, 4) is 23.0 Å². The molecular weight excluding hydrogens is 961 g/mol. The van der Waals surface area contributed by atoms with Crippen molar-refractivity contribution in [2.45, 2.75) is 194 Å². The Bertz CT molecular complexity index is 2900. The third-order valence-corrected chi connectivity index (χ3v) is 38.2. The molecule has 0 aromatic heterocycles. The van der Waals surface area contributed by atoms with E-state index in [-0.39, 0.29) is 88.7 Å². The van der Waals surface area contributed by atoms with Gasteiger partial charge in [0.15, 0.2) is 34.6 Å². The number of carbonyl (C=O) groups excluding carboxylic acids is 4. The molecule has 0 saturated carbocycles. The molecule has 5 aromatic carbocycles. The van der Waals surface area contributed by atoms with Gasteiger partial charge in [0.1, 0.15) is 11.5 Å². The highest BCUT2D eigenvalue weighted by Crippen LogP contribution is 2.57. The van der Waals surface area contributed by atoms with Crippen LogP contribution in [0.25, 0.3) is 43.1 Å². The summed E-state index contributed by atoms with van der Waals surface area (Å²) in [6.45, 7) is 49.0. The first-order valence-electron chi connectivity index (χ1n) is 26.4. The van der Waals surface area contributed by atoms with E-state index in [0.717, 1.165) is 0 Å². The summed E-state index contributed by atoms with van der Waals surface area (Å²) in [4.78, 5) is 58.8. The predicted molar refractivity (Wildman–Crippen MR) is 311 cm³/mol. The van der Waals surface area contributed by atoms with E-state index in [2.05, 4.69) is 163 Å². The largest absolute Gasteiger partial charge is 0.542 e. The van der Waals surface area contributed by atoms with Crippen LogP contribution < -0.4 is 17.7 Å². The predicted octanol–water partition coefficient (Wildman–Crippen LogP) is 18.0. The number of hydrogen-bond acceptors (Lipinski definition) is 8. The van der Waals surface area contributed by atoms with Gasteiger partial charge in [0.2, 0.25) is 0 Å². The molecular formula is C60H82O8Si4.